The number of hydrogen-bond acceptors (Lipinski definition) is 8. The van der Waals surface area contributed by atoms with E-state index in [9.17, 15) is 33.6 Å². The number of ether oxygens (including phenoxy) is 1. The third kappa shape index (κ3) is 8.93. The number of hydrogen-bond donors (Lipinski definition) is 4. The molecule has 290 valence electrons. The zero-order chi connectivity index (χ0) is 38.4. The number of piperidine rings is 1. The summed E-state index contributed by atoms with van der Waals surface area (Å²) in [5, 5.41) is 11.0. The second-order valence-electron chi connectivity index (χ2n) is 15.0. The summed E-state index contributed by atoms with van der Waals surface area (Å²) < 4.78 is 5.74. The van der Waals surface area contributed by atoms with Gasteiger partial charge in [-0.3, -0.25) is 24.0 Å². The van der Waals surface area contributed by atoms with Crippen molar-refractivity contribution in [3.63, 3.8) is 0 Å². The van der Waals surface area contributed by atoms with Crippen LogP contribution in [0.25, 0.3) is 0 Å². The average Bonchev–Trinajstić information content (AvgIpc) is 3.83. The average molecular weight is 746 g/mol. The van der Waals surface area contributed by atoms with Crippen LogP contribution < -0.4 is 21.3 Å². The van der Waals surface area contributed by atoms with Crippen LogP contribution in [0.5, 0.6) is 0 Å². The highest BCUT2D eigenvalue weighted by molar-refractivity contribution is 5.97. The second kappa shape index (κ2) is 17.3. The summed E-state index contributed by atoms with van der Waals surface area (Å²) in [6, 6.07) is 2.27. The Hall–Kier alpha value is -5.21. The monoisotopic (exact) mass is 745 g/mol. The standard InChI is InChI=1S/C39H51N7O8/c1-24-20-32-38(52)54-23-29(42-33(47)28(21-26-12-5-3-6-13-26)43-39(53)41-27-14-7-4-8-15-27)36(50)45-19-11-17-31(45)37(51)44-18-10-9-16-30(44)34(48)40-25(2)35(49)46(32)22-24/h3,5-7,12-15,24-25,28-32H,4,8-11,16-23H2,1-2H3,(H,40,48)(H,42,47)(H2,41,43,53)/t24-,25-,28-,29-,30-,31-,32-/m0/s1. The zero-order valence-electron chi connectivity index (χ0n) is 31.0. The van der Waals surface area contributed by atoms with Gasteiger partial charge in [0.25, 0.3) is 0 Å². The quantitative estimate of drug-likeness (QED) is 0.314. The summed E-state index contributed by atoms with van der Waals surface area (Å²) in [5.41, 5.74) is 1.35. The van der Waals surface area contributed by atoms with Gasteiger partial charge < -0.3 is 40.7 Å². The minimum atomic E-state index is -1.42. The van der Waals surface area contributed by atoms with E-state index in [0.29, 0.717) is 50.8 Å². The number of allylic oxidation sites excluding steroid dienone is 3. The lowest BCUT2D eigenvalue weighted by atomic mass is 9.99. The normalized spacial score (nSPS) is 28.6. The molecule has 7 atom stereocenters. The van der Waals surface area contributed by atoms with Gasteiger partial charge in [0.05, 0.1) is 0 Å². The number of benzene rings is 1. The molecule has 7 amide bonds. The van der Waals surface area contributed by atoms with Gasteiger partial charge in [0.1, 0.15) is 42.9 Å². The molecular formula is C39H51N7O8. The molecule has 5 aliphatic rings. The fourth-order valence-corrected chi connectivity index (χ4v) is 8.08. The van der Waals surface area contributed by atoms with Crippen molar-refractivity contribution in [2.45, 2.75) is 108 Å². The van der Waals surface area contributed by atoms with Crippen molar-refractivity contribution in [1.82, 2.24) is 36.0 Å². The third-order valence-electron chi connectivity index (χ3n) is 10.9. The predicted octanol–water partition coefficient (Wildman–Crippen LogP) is 1.29. The van der Waals surface area contributed by atoms with Crippen molar-refractivity contribution >= 4 is 41.5 Å². The van der Waals surface area contributed by atoms with Crippen LogP contribution in [0.4, 0.5) is 4.79 Å². The highest BCUT2D eigenvalue weighted by Gasteiger charge is 2.46. The molecule has 0 saturated carbocycles. The molecule has 1 aromatic carbocycles. The first kappa shape index (κ1) is 38.5. The highest BCUT2D eigenvalue weighted by atomic mass is 16.5. The molecule has 4 saturated heterocycles. The number of nitrogens with one attached hydrogen (secondary N) is 4. The number of amides is 7. The lowest BCUT2D eigenvalue weighted by Crippen LogP contribution is -2.62. The molecule has 15 heteroatoms. The molecule has 54 heavy (non-hydrogen) atoms. The van der Waals surface area contributed by atoms with E-state index in [1.54, 1.807) is 13.0 Å². The summed E-state index contributed by atoms with van der Waals surface area (Å²) >= 11 is 0. The Balaban J connectivity index is 1.29. The predicted molar refractivity (Wildman–Crippen MR) is 196 cm³/mol. The van der Waals surface area contributed by atoms with Crippen LogP contribution in [0.2, 0.25) is 0 Å². The van der Waals surface area contributed by atoms with Crippen LogP contribution in [-0.4, -0.2) is 119 Å². The number of carbonyl (C=O) groups excluding carboxylic acids is 7. The van der Waals surface area contributed by atoms with E-state index in [0.717, 1.165) is 18.4 Å². The van der Waals surface area contributed by atoms with Crippen LogP contribution in [-0.2, 0) is 39.9 Å². The van der Waals surface area contributed by atoms with Crippen LogP contribution in [0, 0.1) is 5.92 Å². The van der Waals surface area contributed by atoms with Gasteiger partial charge in [-0.1, -0.05) is 49.4 Å². The minimum absolute atomic E-state index is 0.0405. The third-order valence-corrected chi connectivity index (χ3v) is 10.9. The first-order valence-electron chi connectivity index (χ1n) is 19.2. The van der Waals surface area contributed by atoms with Crippen molar-refractivity contribution in [2.24, 2.45) is 5.92 Å². The Morgan fingerprint density at radius 2 is 1.61 bits per heavy atom. The fraction of sp³-hybridized carbons (Fsp3) is 0.564. The smallest absolute Gasteiger partial charge is 0.328 e. The molecule has 1 aromatic rings. The highest BCUT2D eigenvalue weighted by Crippen LogP contribution is 2.28. The number of rotatable bonds is 6. The Kier molecular flexibility index (Phi) is 12.3. The Morgan fingerprint density at radius 3 is 2.37 bits per heavy atom. The van der Waals surface area contributed by atoms with E-state index in [1.807, 2.05) is 49.4 Å². The molecule has 0 bridgehead atoms. The maximum absolute atomic E-state index is 14.5. The van der Waals surface area contributed by atoms with E-state index in [2.05, 4.69) is 21.3 Å². The van der Waals surface area contributed by atoms with Crippen molar-refractivity contribution in [3.8, 4) is 0 Å². The minimum Gasteiger partial charge on any atom is -0.461 e. The van der Waals surface area contributed by atoms with Gasteiger partial charge in [-0.15, -0.1) is 0 Å². The van der Waals surface area contributed by atoms with E-state index >= 15 is 0 Å². The number of carbonyl (C=O) groups is 7. The van der Waals surface area contributed by atoms with Gasteiger partial charge >= 0.3 is 12.0 Å². The SMILES string of the molecule is C[C@H]1C[C@H]2C(=O)OC[C@H](NC(=O)[C@H](Cc3ccccc3)NC(=O)NC3=CCCC=C3)C(=O)N3CCC[C@H]3C(=O)N3CCCC[C@H]3C(=O)N[C@@H](C)C(=O)N2C1. The second-order valence-corrected chi connectivity index (χ2v) is 15.0. The van der Waals surface area contributed by atoms with Crippen molar-refractivity contribution in [1.29, 1.82) is 0 Å². The number of fused-ring (bicyclic) bond motifs is 3. The number of urea groups is 1. The fourth-order valence-electron chi connectivity index (χ4n) is 8.08. The van der Waals surface area contributed by atoms with Gasteiger partial charge in [-0.25, -0.2) is 9.59 Å². The molecule has 0 aromatic heterocycles. The molecule has 0 spiro atoms. The van der Waals surface area contributed by atoms with Crippen molar-refractivity contribution in [2.75, 3.05) is 26.2 Å². The molecule has 1 aliphatic carbocycles. The topological polar surface area (TPSA) is 187 Å². The van der Waals surface area contributed by atoms with Crippen molar-refractivity contribution < 1.29 is 38.3 Å². The van der Waals surface area contributed by atoms with Gasteiger partial charge in [0.15, 0.2) is 0 Å². The first-order valence-corrected chi connectivity index (χ1v) is 19.2. The summed E-state index contributed by atoms with van der Waals surface area (Å²) in [5.74, 6) is -3.40. The molecule has 0 radical (unpaired) electrons. The lowest BCUT2D eigenvalue weighted by molar-refractivity contribution is -0.158. The van der Waals surface area contributed by atoms with Gasteiger partial charge in [0, 0.05) is 31.8 Å². The zero-order valence-corrected chi connectivity index (χ0v) is 31.0. The number of nitrogens with zero attached hydrogens (tertiary/aromatic N) is 3. The molecule has 4 aliphatic heterocycles. The molecule has 4 N–H and O–H groups in total. The van der Waals surface area contributed by atoms with E-state index < -0.39 is 78.5 Å². The van der Waals surface area contributed by atoms with Crippen LogP contribution in [0.15, 0.2) is 54.3 Å². The van der Waals surface area contributed by atoms with Gasteiger partial charge in [-0.05, 0) is 75.8 Å². The maximum atomic E-state index is 14.5. The summed E-state index contributed by atoms with van der Waals surface area (Å²) in [6.07, 6.45) is 10.3. The lowest BCUT2D eigenvalue weighted by Gasteiger charge is -2.39. The maximum Gasteiger partial charge on any atom is 0.328 e. The van der Waals surface area contributed by atoms with Crippen LogP contribution in [0.3, 0.4) is 0 Å². The Morgan fingerprint density at radius 1 is 0.870 bits per heavy atom. The van der Waals surface area contributed by atoms with E-state index in [-0.39, 0.29) is 31.3 Å². The van der Waals surface area contributed by atoms with Crippen LogP contribution in [0.1, 0.15) is 70.8 Å². The molecule has 15 nitrogen and oxygen atoms in total. The molecule has 4 heterocycles. The van der Waals surface area contributed by atoms with Gasteiger partial charge in [0.2, 0.25) is 29.5 Å². The molecule has 6 rings (SSSR count). The van der Waals surface area contributed by atoms with Crippen LogP contribution >= 0.6 is 0 Å². The summed E-state index contributed by atoms with van der Waals surface area (Å²) in [4.78, 5) is 101. The largest absolute Gasteiger partial charge is 0.461 e. The van der Waals surface area contributed by atoms with Crippen molar-refractivity contribution in [3.05, 3.63) is 59.8 Å². The first-order chi connectivity index (χ1) is 26.0. The van der Waals surface area contributed by atoms with E-state index in [4.69, 9.17) is 4.74 Å². The number of esters is 1. The molecular weight excluding hydrogens is 694 g/mol. The Bertz CT molecular complexity index is 1680. The Labute approximate surface area is 315 Å². The number of cyclic esters (lactones) is 1. The molecule has 0 unspecified atom stereocenters. The van der Waals surface area contributed by atoms with E-state index in [1.165, 1.54) is 14.7 Å². The summed E-state index contributed by atoms with van der Waals surface area (Å²) in [6.45, 7) is 3.72. The summed E-state index contributed by atoms with van der Waals surface area (Å²) in [7, 11) is 0. The molecule has 4 fully saturated rings. The van der Waals surface area contributed by atoms with Gasteiger partial charge in [-0.2, -0.15) is 0 Å².